The minimum absolute atomic E-state index is 0.117. The van der Waals surface area contributed by atoms with Gasteiger partial charge in [0.05, 0.1) is 12.0 Å². The Morgan fingerprint density at radius 2 is 1.86 bits per heavy atom. The molecule has 0 bridgehead atoms. The van der Waals surface area contributed by atoms with Gasteiger partial charge in [-0.2, -0.15) is 0 Å². The SMILES string of the molecule is COc1ccccc1CC(C)NCc1ccc([N+](=O)[O-])cc1. The van der Waals surface area contributed by atoms with Crippen molar-refractivity contribution in [1.29, 1.82) is 0 Å². The molecule has 1 unspecified atom stereocenters. The minimum atomic E-state index is -0.387. The van der Waals surface area contributed by atoms with E-state index in [1.165, 1.54) is 12.1 Å². The first-order valence-corrected chi connectivity index (χ1v) is 7.18. The lowest BCUT2D eigenvalue weighted by molar-refractivity contribution is -0.384. The van der Waals surface area contributed by atoms with Gasteiger partial charge in [-0.1, -0.05) is 30.3 Å². The summed E-state index contributed by atoms with van der Waals surface area (Å²) in [7, 11) is 1.67. The molecule has 2 aromatic rings. The van der Waals surface area contributed by atoms with E-state index in [-0.39, 0.29) is 16.7 Å². The van der Waals surface area contributed by atoms with Gasteiger partial charge in [0.15, 0.2) is 0 Å². The molecule has 0 radical (unpaired) electrons. The van der Waals surface area contributed by atoms with Crippen LogP contribution in [0, 0.1) is 10.1 Å². The Bertz CT molecular complexity index is 626. The molecule has 0 spiro atoms. The number of ether oxygens (including phenoxy) is 1. The van der Waals surface area contributed by atoms with Gasteiger partial charge in [-0.25, -0.2) is 0 Å². The van der Waals surface area contributed by atoms with Gasteiger partial charge in [0.2, 0.25) is 0 Å². The van der Waals surface area contributed by atoms with Crippen LogP contribution in [0.2, 0.25) is 0 Å². The second-order valence-corrected chi connectivity index (χ2v) is 5.22. The van der Waals surface area contributed by atoms with Crippen molar-refractivity contribution in [3.8, 4) is 5.75 Å². The largest absolute Gasteiger partial charge is 0.496 e. The van der Waals surface area contributed by atoms with Crippen LogP contribution >= 0.6 is 0 Å². The van der Waals surface area contributed by atoms with Crippen molar-refractivity contribution in [2.45, 2.75) is 25.9 Å². The molecule has 0 fully saturated rings. The fourth-order valence-electron chi connectivity index (χ4n) is 2.30. The molecule has 1 N–H and O–H groups in total. The van der Waals surface area contributed by atoms with Crippen LogP contribution in [0.5, 0.6) is 5.75 Å². The number of nitrogens with one attached hydrogen (secondary N) is 1. The number of nitro groups is 1. The fourth-order valence-corrected chi connectivity index (χ4v) is 2.30. The van der Waals surface area contributed by atoms with Crippen molar-refractivity contribution < 1.29 is 9.66 Å². The highest BCUT2D eigenvalue weighted by atomic mass is 16.6. The van der Waals surface area contributed by atoms with E-state index in [0.717, 1.165) is 23.3 Å². The molecule has 0 amide bonds. The van der Waals surface area contributed by atoms with Crippen LogP contribution in [0.4, 0.5) is 5.69 Å². The van der Waals surface area contributed by atoms with Gasteiger partial charge >= 0.3 is 0 Å². The number of benzene rings is 2. The highest BCUT2D eigenvalue weighted by molar-refractivity contribution is 5.34. The van der Waals surface area contributed by atoms with E-state index < -0.39 is 0 Å². The van der Waals surface area contributed by atoms with E-state index in [1.807, 2.05) is 18.2 Å². The Kier molecular flexibility index (Phi) is 5.49. The van der Waals surface area contributed by atoms with Gasteiger partial charge in [0.1, 0.15) is 5.75 Å². The van der Waals surface area contributed by atoms with E-state index in [4.69, 9.17) is 4.74 Å². The maximum atomic E-state index is 10.6. The molecule has 0 aromatic heterocycles. The summed E-state index contributed by atoms with van der Waals surface area (Å²) >= 11 is 0. The Morgan fingerprint density at radius 1 is 1.18 bits per heavy atom. The number of para-hydroxylation sites is 1. The normalized spacial score (nSPS) is 11.9. The van der Waals surface area contributed by atoms with E-state index >= 15 is 0 Å². The Hall–Kier alpha value is -2.40. The lowest BCUT2D eigenvalue weighted by Crippen LogP contribution is -2.27. The van der Waals surface area contributed by atoms with Crippen molar-refractivity contribution in [3.05, 3.63) is 69.8 Å². The van der Waals surface area contributed by atoms with Crippen LogP contribution in [0.1, 0.15) is 18.1 Å². The molecule has 0 aliphatic heterocycles. The number of hydrogen-bond acceptors (Lipinski definition) is 4. The van der Waals surface area contributed by atoms with Crippen molar-refractivity contribution in [3.63, 3.8) is 0 Å². The van der Waals surface area contributed by atoms with Crippen LogP contribution in [-0.2, 0) is 13.0 Å². The molecule has 0 aliphatic carbocycles. The summed E-state index contributed by atoms with van der Waals surface area (Å²) in [6, 6.07) is 14.9. The molecule has 0 saturated heterocycles. The van der Waals surface area contributed by atoms with E-state index in [0.29, 0.717) is 6.54 Å². The zero-order chi connectivity index (χ0) is 15.9. The van der Waals surface area contributed by atoms with Crippen molar-refractivity contribution in [1.82, 2.24) is 5.32 Å². The summed E-state index contributed by atoms with van der Waals surface area (Å²) < 4.78 is 5.35. The fraction of sp³-hybridized carbons (Fsp3) is 0.294. The van der Waals surface area contributed by atoms with Gasteiger partial charge in [0.25, 0.3) is 5.69 Å². The number of rotatable bonds is 7. The Labute approximate surface area is 130 Å². The number of nitrogens with zero attached hydrogens (tertiary/aromatic N) is 1. The van der Waals surface area contributed by atoms with Crippen LogP contribution in [0.3, 0.4) is 0 Å². The minimum Gasteiger partial charge on any atom is -0.496 e. The predicted molar refractivity (Wildman–Crippen MR) is 86.1 cm³/mol. The summed E-state index contributed by atoms with van der Waals surface area (Å²) in [6.07, 6.45) is 0.858. The standard InChI is InChI=1S/C17H20N2O3/c1-13(11-15-5-3-4-6-17(15)22-2)18-12-14-7-9-16(10-8-14)19(20)21/h3-10,13,18H,11-12H2,1-2H3. The molecular formula is C17H20N2O3. The first kappa shape index (κ1) is 16.0. The number of nitro benzene ring substituents is 1. The third-order valence-corrected chi connectivity index (χ3v) is 3.52. The third-order valence-electron chi connectivity index (χ3n) is 3.52. The molecule has 5 heteroatoms. The van der Waals surface area contributed by atoms with Crippen molar-refractivity contribution in [2.24, 2.45) is 0 Å². The van der Waals surface area contributed by atoms with E-state index in [1.54, 1.807) is 19.2 Å². The van der Waals surface area contributed by atoms with Gasteiger partial charge in [-0.3, -0.25) is 10.1 Å². The first-order valence-electron chi connectivity index (χ1n) is 7.18. The van der Waals surface area contributed by atoms with Crippen LogP contribution in [-0.4, -0.2) is 18.1 Å². The smallest absolute Gasteiger partial charge is 0.269 e. The van der Waals surface area contributed by atoms with Gasteiger partial charge in [0, 0.05) is 24.7 Å². The average molecular weight is 300 g/mol. The summed E-state index contributed by atoms with van der Waals surface area (Å²) in [5.41, 5.74) is 2.30. The molecule has 22 heavy (non-hydrogen) atoms. The summed E-state index contributed by atoms with van der Waals surface area (Å²) in [6.45, 7) is 2.78. The molecule has 0 saturated carbocycles. The maximum Gasteiger partial charge on any atom is 0.269 e. The van der Waals surface area contributed by atoms with E-state index in [9.17, 15) is 10.1 Å². The van der Waals surface area contributed by atoms with Crippen LogP contribution < -0.4 is 10.1 Å². The Morgan fingerprint density at radius 3 is 2.50 bits per heavy atom. The monoisotopic (exact) mass is 300 g/mol. The molecular weight excluding hydrogens is 280 g/mol. The number of non-ortho nitro benzene ring substituents is 1. The number of hydrogen-bond donors (Lipinski definition) is 1. The molecule has 5 nitrogen and oxygen atoms in total. The number of methoxy groups -OCH3 is 1. The van der Waals surface area contributed by atoms with Gasteiger partial charge in [-0.15, -0.1) is 0 Å². The first-order chi connectivity index (χ1) is 10.6. The molecule has 1 atom stereocenters. The van der Waals surface area contributed by atoms with Crippen molar-refractivity contribution in [2.75, 3.05) is 7.11 Å². The highest BCUT2D eigenvalue weighted by Gasteiger charge is 2.08. The second kappa shape index (κ2) is 7.56. The zero-order valence-electron chi connectivity index (χ0n) is 12.8. The van der Waals surface area contributed by atoms with Crippen LogP contribution in [0.15, 0.2) is 48.5 Å². The van der Waals surface area contributed by atoms with Gasteiger partial charge < -0.3 is 10.1 Å². The summed E-state index contributed by atoms with van der Waals surface area (Å²) in [5.74, 6) is 0.895. The lowest BCUT2D eigenvalue weighted by atomic mass is 10.1. The molecule has 0 heterocycles. The Balaban J connectivity index is 1.89. The second-order valence-electron chi connectivity index (χ2n) is 5.22. The van der Waals surface area contributed by atoms with Gasteiger partial charge in [-0.05, 0) is 30.5 Å². The zero-order valence-corrected chi connectivity index (χ0v) is 12.8. The highest BCUT2D eigenvalue weighted by Crippen LogP contribution is 2.19. The summed E-state index contributed by atoms with van der Waals surface area (Å²) in [5, 5.41) is 14.0. The van der Waals surface area contributed by atoms with Crippen LogP contribution in [0.25, 0.3) is 0 Å². The molecule has 0 aliphatic rings. The lowest BCUT2D eigenvalue weighted by Gasteiger charge is -2.16. The maximum absolute atomic E-state index is 10.6. The molecule has 116 valence electrons. The summed E-state index contributed by atoms with van der Waals surface area (Å²) in [4.78, 5) is 10.2. The van der Waals surface area contributed by atoms with E-state index in [2.05, 4.69) is 18.3 Å². The molecule has 2 aromatic carbocycles. The quantitative estimate of drug-likeness (QED) is 0.629. The predicted octanol–water partition coefficient (Wildman–Crippen LogP) is 3.32. The molecule has 2 rings (SSSR count). The average Bonchev–Trinajstić information content (AvgIpc) is 2.54. The topological polar surface area (TPSA) is 64.4 Å². The van der Waals surface area contributed by atoms with Crippen molar-refractivity contribution >= 4 is 5.69 Å². The third kappa shape index (κ3) is 4.30.